The van der Waals surface area contributed by atoms with Crippen LogP contribution in [0, 0.1) is 11.6 Å². The molecule has 16 heavy (non-hydrogen) atoms. The highest BCUT2D eigenvalue weighted by atomic mass is 32.2. The third-order valence-electron chi connectivity index (χ3n) is 2.16. The van der Waals surface area contributed by atoms with E-state index in [1.165, 1.54) is 0 Å². The van der Waals surface area contributed by atoms with Crippen LogP contribution >= 0.6 is 11.8 Å². The highest BCUT2D eigenvalue weighted by Crippen LogP contribution is 2.27. The predicted octanol–water partition coefficient (Wildman–Crippen LogP) is 1.81. The molecule has 0 bridgehead atoms. The zero-order chi connectivity index (χ0) is 12.3. The molecular weight excluding hydrogens is 236 g/mol. The molecule has 1 aromatic carbocycles. The molecule has 1 aromatic rings. The molecule has 0 radical (unpaired) electrons. The molecule has 1 rings (SSSR count). The van der Waals surface area contributed by atoms with Crippen molar-refractivity contribution in [1.82, 2.24) is 0 Å². The number of nitrogens with two attached hydrogens (primary N) is 1. The molecule has 0 saturated carbocycles. The third kappa shape index (κ3) is 2.51. The van der Waals surface area contributed by atoms with E-state index in [1.54, 1.807) is 6.26 Å². The Morgan fingerprint density at radius 2 is 2.00 bits per heavy atom. The van der Waals surface area contributed by atoms with Gasteiger partial charge in [-0.25, -0.2) is 8.78 Å². The molecule has 0 amide bonds. The molecule has 0 saturated heterocycles. The van der Waals surface area contributed by atoms with Gasteiger partial charge >= 0.3 is 5.97 Å². The van der Waals surface area contributed by atoms with Crippen molar-refractivity contribution < 1.29 is 18.7 Å². The van der Waals surface area contributed by atoms with Crippen LogP contribution in [0.15, 0.2) is 17.0 Å². The lowest BCUT2D eigenvalue weighted by atomic mass is 9.99. The summed E-state index contributed by atoms with van der Waals surface area (Å²) in [5.41, 5.74) is 5.29. The van der Waals surface area contributed by atoms with Crippen LogP contribution in [-0.4, -0.2) is 23.9 Å². The summed E-state index contributed by atoms with van der Waals surface area (Å²) < 4.78 is 26.8. The first-order chi connectivity index (χ1) is 7.51. The van der Waals surface area contributed by atoms with Crippen LogP contribution in [-0.2, 0) is 4.79 Å². The minimum atomic E-state index is -1.20. The molecule has 0 aliphatic rings. The Hall–Kier alpha value is -1.14. The van der Waals surface area contributed by atoms with Gasteiger partial charge in [0.1, 0.15) is 11.6 Å². The van der Waals surface area contributed by atoms with Gasteiger partial charge in [-0.05, 0) is 24.0 Å². The number of carboxylic acid groups (broad SMARTS) is 1. The van der Waals surface area contributed by atoms with Crippen LogP contribution in [0.4, 0.5) is 8.78 Å². The van der Waals surface area contributed by atoms with E-state index in [0.29, 0.717) is 0 Å². The predicted molar refractivity (Wildman–Crippen MR) is 57.6 cm³/mol. The minimum absolute atomic E-state index is 0.0443. The molecule has 0 heterocycles. The van der Waals surface area contributed by atoms with Gasteiger partial charge in [0.15, 0.2) is 0 Å². The van der Waals surface area contributed by atoms with Gasteiger partial charge in [-0.2, -0.15) is 0 Å². The summed E-state index contributed by atoms with van der Waals surface area (Å²) in [6, 6.07) is 2.03. The van der Waals surface area contributed by atoms with Crippen molar-refractivity contribution in [3.05, 3.63) is 29.3 Å². The number of rotatable bonds is 4. The summed E-state index contributed by atoms with van der Waals surface area (Å²) >= 11 is 0.930. The van der Waals surface area contributed by atoms with Crippen molar-refractivity contribution in [3.8, 4) is 0 Å². The Morgan fingerprint density at radius 1 is 1.50 bits per heavy atom. The zero-order valence-corrected chi connectivity index (χ0v) is 9.35. The first-order valence-electron chi connectivity index (χ1n) is 4.47. The van der Waals surface area contributed by atoms with Gasteiger partial charge in [0.2, 0.25) is 0 Å². The molecule has 0 spiro atoms. The fourth-order valence-electron chi connectivity index (χ4n) is 1.36. The Morgan fingerprint density at radius 3 is 2.31 bits per heavy atom. The summed E-state index contributed by atoms with van der Waals surface area (Å²) in [5.74, 6) is -3.80. The van der Waals surface area contributed by atoms with Crippen molar-refractivity contribution in [2.45, 2.75) is 10.8 Å². The van der Waals surface area contributed by atoms with Crippen LogP contribution in [0.5, 0.6) is 0 Å². The molecule has 6 heteroatoms. The lowest BCUT2D eigenvalue weighted by Gasteiger charge is -2.11. The summed E-state index contributed by atoms with van der Waals surface area (Å²) in [7, 11) is 0. The summed E-state index contributed by atoms with van der Waals surface area (Å²) in [6.07, 6.45) is 1.54. The minimum Gasteiger partial charge on any atom is -0.481 e. The van der Waals surface area contributed by atoms with Crippen LogP contribution < -0.4 is 5.73 Å². The van der Waals surface area contributed by atoms with E-state index >= 15 is 0 Å². The van der Waals surface area contributed by atoms with Gasteiger partial charge in [0, 0.05) is 6.54 Å². The maximum atomic E-state index is 13.4. The normalized spacial score (nSPS) is 12.5. The lowest BCUT2D eigenvalue weighted by molar-refractivity contribution is -0.138. The van der Waals surface area contributed by atoms with Crippen molar-refractivity contribution in [2.24, 2.45) is 5.73 Å². The molecule has 0 fully saturated rings. The van der Waals surface area contributed by atoms with Gasteiger partial charge in [0.25, 0.3) is 0 Å². The first-order valence-corrected chi connectivity index (χ1v) is 5.69. The number of benzene rings is 1. The molecule has 1 atom stereocenters. The molecule has 88 valence electrons. The van der Waals surface area contributed by atoms with Crippen molar-refractivity contribution >= 4 is 17.7 Å². The van der Waals surface area contributed by atoms with Gasteiger partial charge in [0.05, 0.1) is 10.8 Å². The van der Waals surface area contributed by atoms with E-state index in [1.807, 2.05) is 0 Å². The number of halogens is 2. The van der Waals surface area contributed by atoms with E-state index in [4.69, 9.17) is 10.8 Å². The fourth-order valence-corrected chi connectivity index (χ4v) is 1.86. The largest absolute Gasteiger partial charge is 0.481 e. The molecule has 1 unspecified atom stereocenters. The van der Waals surface area contributed by atoms with Gasteiger partial charge in [-0.3, -0.25) is 4.79 Å². The monoisotopic (exact) mass is 247 g/mol. The molecular formula is C10H11F2NO2S. The highest BCUT2D eigenvalue weighted by Gasteiger charge is 2.21. The van der Waals surface area contributed by atoms with E-state index in [2.05, 4.69) is 0 Å². The number of hydrogen-bond acceptors (Lipinski definition) is 3. The van der Waals surface area contributed by atoms with Crippen molar-refractivity contribution in [3.63, 3.8) is 0 Å². The number of carboxylic acids is 1. The van der Waals surface area contributed by atoms with Crippen molar-refractivity contribution in [1.29, 1.82) is 0 Å². The number of hydrogen-bond donors (Lipinski definition) is 2. The van der Waals surface area contributed by atoms with E-state index < -0.39 is 23.5 Å². The number of carbonyl (C=O) groups is 1. The first kappa shape index (κ1) is 12.9. The second-order valence-corrected chi connectivity index (χ2v) is 3.96. The standard InChI is InChI=1S/C10H11F2NO2S/c1-16-9-7(11)2-5(3-8(9)12)6(4-13)10(14)15/h2-3,6H,4,13H2,1H3,(H,14,15). The highest BCUT2D eigenvalue weighted by molar-refractivity contribution is 7.98. The smallest absolute Gasteiger partial charge is 0.312 e. The second kappa shape index (κ2) is 5.27. The van der Waals surface area contributed by atoms with E-state index in [-0.39, 0.29) is 17.0 Å². The van der Waals surface area contributed by atoms with E-state index in [0.717, 1.165) is 23.9 Å². The zero-order valence-electron chi connectivity index (χ0n) is 8.54. The van der Waals surface area contributed by atoms with Crippen molar-refractivity contribution in [2.75, 3.05) is 12.8 Å². The second-order valence-electron chi connectivity index (χ2n) is 3.14. The maximum Gasteiger partial charge on any atom is 0.312 e. The maximum absolute atomic E-state index is 13.4. The lowest BCUT2D eigenvalue weighted by Crippen LogP contribution is -2.21. The van der Waals surface area contributed by atoms with Crippen LogP contribution in [0.3, 0.4) is 0 Å². The Bertz CT molecular complexity index is 389. The van der Waals surface area contributed by atoms with Gasteiger partial charge < -0.3 is 10.8 Å². The van der Waals surface area contributed by atoms with E-state index in [9.17, 15) is 13.6 Å². The summed E-state index contributed by atoms with van der Waals surface area (Å²) in [6.45, 7) is -0.202. The Kier molecular flexibility index (Phi) is 4.26. The van der Waals surface area contributed by atoms with Gasteiger partial charge in [-0.1, -0.05) is 0 Å². The van der Waals surface area contributed by atoms with Crippen LogP contribution in [0.2, 0.25) is 0 Å². The number of aliphatic carboxylic acids is 1. The van der Waals surface area contributed by atoms with Gasteiger partial charge in [-0.15, -0.1) is 11.8 Å². The SMILES string of the molecule is CSc1c(F)cc(C(CN)C(=O)O)cc1F. The Labute approximate surface area is 95.6 Å². The average molecular weight is 247 g/mol. The van der Waals surface area contributed by atoms with Crippen LogP contribution in [0.25, 0.3) is 0 Å². The molecule has 3 nitrogen and oxygen atoms in total. The number of thioether (sulfide) groups is 1. The molecule has 3 N–H and O–H groups in total. The third-order valence-corrected chi connectivity index (χ3v) is 2.96. The topological polar surface area (TPSA) is 63.3 Å². The van der Waals surface area contributed by atoms with Crippen LogP contribution in [0.1, 0.15) is 11.5 Å². The summed E-state index contributed by atoms with van der Waals surface area (Å²) in [5, 5.41) is 8.80. The Balaban J connectivity index is 3.21. The average Bonchev–Trinajstić information content (AvgIpc) is 2.17. The fraction of sp³-hybridized carbons (Fsp3) is 0.300. The quantitative estimate of drug-likeness (QED) is 0.796. The molecule has 0 aliphatic heterocycles. The molecule has 0 aliphatic carbocycles. The molecule has 0 aromatic heterocycles. The summed E-state index contributed by atoms with van der Waals surface area (Å²) in [4.78, 5) is 10.7.